The quantitative estimate of drug-likeness (QED) is 0.852. The van der Waals surface area contributed by atoms with Crippen molar-refractivity contribution >= 4 is 11.9 Å². The van der Waals surface area contributed by atoms with E-state index in [4.69, 9.17) is 10.2 Å². The Hall–Kier alpha value is -2.62. The first-order valence-corrected chi connectivity index (χ1v) is 7.10. The van der Waals surface area contributed by atoms with Gasteiger partial charge in [-0.3, -0.25) is 4.79 Å². The third-order valence-electron chi connectivity index (χ3n) is 3.50. The third kappa shape index (κ3) is 4.19. The number of aromatic carboxylic acids is 1. The molecule has 0 aliphatic rings. The van der Waals surface area contributed by atoms with E-state index in [0.717, 1.165) is 16.7 Å². The van der Waals surface area contributed by atoms with Crippen molar-refractivity contribution in [3.8, 4) is 11.1 Å². The van der Waals surface area contributed by atoms with Crippen molar-refractivity contribution in [1.29, 1.82) is 0 Å². The number of carboxylic acid groups (broad SMARTS) is 2. The molecule has 0 aliphatic heterocycles. The SMILES string of the molecule is CC(CC(=O)O)Cc1ccc(-c2cccc(C(=O)O)c2)cc1. The van der Waals surface area contributed by atoms with Crippen LogP contribution in [0, 0.1) is 5.92 Å². The van der Waals surface area contributed by atoms with Crippen LogP contribution < -0.4 is 0 Å². The van der Waals surface area contributed by atoms with Gasteiger partial charge >= 0.3 is 11.9 Å². The maximum absolute atomic E-state index is 11.0. The van der Waals surface area contributed by atoms with Crippen LogP contribution in [0.25, 0.3) is 11.1 Å². The molecule has 2 rings (SSSR count). The van der Waals surface area contributed by atoms with E-state index in [1.807, 2.05) is 37.3 Å². The highest BCUT2D eigenvalue weighted by Crippen LogP contribution is 2.22. The molecule has 22 heavy (non-hydrogen) atoms. The van der Waals surface area contributed by atoms with Crippen molar-refractivity contribution in [2.45, 2.75) is 19.8 Å². The minimum atomic E-state index is -0.944. The minimum absolute atomic E-state index is 0.0821. The van der Waals surface area contributed by atoms with Crippen molar-refractivity contribution < 1.29 is 19.8 Å². The van der Waals surface area contributed by atoms with E-state index in [1.165, 1.54) is 0 Å². The van der Waals surface area contributed by atoms with E-state index in [1.54, 1.807) is 18.2 Å². The molecule has 2 N–H and O–H groups in total. The lowest BCUT2D eigenvalue weighted by Gasteiger charge is -2.09. The molecule has 0 heterocycles. The molecular formula is C18H18O4. The van der Waals surface area contributed by atoms with Crippen LogP contribution in [0.15, 0.2) is 48.5 Å². The Kier molecular flexibility index (Phi) is 4.94. The Bertz CT molecular complexity index is 674. The van der Waals surface area contributed by atoms with Gasteiger partial charge in [-0.25, -0.2) is 4.79 Å². The molecule has 2 aromatic rings. The predicted molar refractivity (Wildman–Crippen MR) is 84.0 cm³/mol. The first-order valence-electron chi connectivity index (χ1n) is 7.10. The van der Waals surface area contributed by atoms with E-state index < -0.39 is 11.9 Å². The topological polar surface area (TPSA) is 74.6 Å². The van der Waals surface area contributed by atoms with Gasteiger partial charge < -0.3 is 10.2 Å². The van der Waals surface area contributed by atoms with Crippen LogP contribution in [0.3, 0.4) is 0 Å². The van der Waals surface area contributed by atoms with Gasteiger partial charge in [0.1, 0.15) is 0 Å². The number of hydrogen-bond donors (Lipinski definition) is 2. The summed E-state index contributed by atoms with van der Waals surface area (Å²) in [5.41, 5.74) is 3.13. The summed E-state index contributed by atoms with van der Waals surface area (Å²) in [7, 11) is 0. The van der Waals surface area contributed by atoms with Crippen LogP contribution in [0.1, 0.15) is 29.3 Å². The lowest BCUT2D eigenvalue weighted by Crippen LogP contribution is -2.06. The van der Waals surface area contributed by atoms with Crippen LogP contribution in [0.2, 0.25) is 0 Å². The summed E-state index contributed by atoms with van der Waals surface area (Å²) in [6, 6.07) is 14.6. The van der Waals surface area contributed by atoms with Gasteiger partial charge in [-0.2, -0.15) is 0 Å². The van der Waals surface area contributed by atoms with Crippen molar-refractivity contribution in [1.82, 2.24) is 0 Å². The fourth-order valence-electron chi connectivity index (χ4n) is 2.44. The first-order chi connectivity index (χ1) is 10.5. The maximum Gasteiger partial charge on any atom is 0.335 e. The molecule has 0 saturated carbocycles. The second kappa shape index (κ2) is 6.89. The zero-order chi connectivity index (χ0) is 16.1. The minimum Gasteiger partial charge on any atom is -0.481 e. The maximum atomic E-state index is 11.0. The van der Waals surface area contributed by atoms with Crippen LogP contribution >= 0.6 is 0 Å². The molecule has 0 amide bonds. The summed E-state index contributed by atoms with van der Waals surface area (Å²) in [5.74, 6) is -1.64. The lowest BCUT2D eigenvalue weighted by atomic mass is 9.96. The van der Waals surface area contributed by atoms with E-state index in [2.05, 4.69) is 0 Å². The van der Waals surface area contributed by atoms with Crippen molar-refractivity contribution in [2.24, 2.45) is 5.92 Å². The molecule has 0 spiro atoms. The first kappa shape index (κ1) is 15.8. The smallest absolute Gasteiger partial charge is 0.335 e. The van der Waals surface area contributed by atoms with E-state index >= 15 is 0 Å². The molecule has 0 bridgehead atoms. The van der Waals surface area contributed by atoms with Crippen molar-refractivity contribution in [2.75, 3.05) is 0 Å². The summed E-state index contributed by atoms with van der Waals surface area (Å²) >= 11 is 0. The molecule has 4 nitrogen and oxygen atoms in total. The standard InChI is InChI=1S/C18H18O4/c1-12(10-17(19)20)9-13-5-7-14(8-6-13)15-3-2-4-16(11-15)18(21)22/h2-8,11-12H,9-10H2,1H3,(H,19,20)(H,21,22). The molecule has 0 saturated heterocycles. The summed E-state index contributed by atoms with van der Waals surface area (Å²) in [6.45, 7) is 1.92. The van der Waals surface area contributed by atoms with Gasteiger partial charge in [-0.05, 0) is 41.2 Å². The predicted octanol–water partition coefficient (Wildman–Crippen LogP) is 3.71. The molecule has 1 atom stereocenters. The fraction of sp³-hybridized carbons (Fsp3) is 0.222. The van der Waals surface area contributed by atoms with Crippen LogP contribution in [0.4, 0.5) is 0 Å². The third-order valence-corrected chi connectivity index (χ3v) is 3.50. The zero-order valence-electron chi connectivity index (χ0n) is 12.3. The van der Waals surface area contributed by atoms with Gasteiger partial charge in [-0.15, -0.1) is 0 Å². The largest absolute Gasteiger partial charge is 0.481 e. The van der Waals surface area contributed by atoms with Crippen LogP contribution in [-0.4, -0.2) is 22.2 Å². The number of aliphatic carboxylic acids is 1. The van der Waals surface area contributed by atoms with Crippen molar-refractivity contribution in [3.63, 3.8) is 0 Å². The Labute approximate surface area is 129 Å². The number of carboxylic acids is 2. The van der Waals surface area contributed by atoms with Gasteiger partial charge in [-0.1, -0.05) is 43.3 Å². The highest BCUT2D eigenvalue weighted by molar-refractivity contribution is 5.89. The molecule has 1 unspecified atom stereocenters. The average molecular weight is 298 g/mol. The van der Waals surface area contributed by atoms with Crippen LogP contribution in [-0.2, 0) is 11.2 Å². The number of carbonyl (C=O) groups is 2. The van der Waals surface area contributed by atoms with Gasteiger partial charge in [0.05, 0.1) is 5.56 Å². The van der Waals surface area contributed by atoms with Gasteiger partial charge in [0.25, 0.3) is 0 Å². The second-order valence-electron chi connectivity index (χ2n) is 5.49. The van der Waals surface area contributed by atoms with E-state index in [9.17, 15) is 9.59 Å². The van der Waals surface area contributed by atoms with Gasteiger partial charge in [0, 0.05) is 6.42 Å². The summed E-state index contributed by atoms with van der Waals surface area (Å²) in [4.78, 5) is 21.7. The number of rotatable bonds is 6. The molecular weight excluding hydrogens is 280 g/mol. The normalized spacial score (nSPS) is 11.9. The highest BCUT2D eigenvalue weighted by atomic mass is 16.4. The monoisotopic (exact) mass is 298 g/mol. The molecule has 0 fully saturated rings. The van der Waals surface area contributed by atoms with Crippen molar-refractivity contribution in [3.05, 3.63) is 59.7 Å². The van der Waals surface area contributed by atoms with Gasteiger partial charge in [0.2, 0.25) is 0 Å². The Morgan fingerprint density at radius 2 is 1.68 bits per heavy atom. The van der Waals surface area contributed by atoms with Gasteiger partial charge in [0.15, 0.2) is 0 Å². The zero-order valence-corrected chi connectivity index (χ0v) is 12.3. The molecule has 0 aromatic heterocycles. The lowest BCUT2D eigenvalue weighted by molar-refractivity contribution is -0.137. The fourth-order valence-corrected chi connectivity index (χ4v) is 2.44. The molecule has 0 aliphatic carbocycles. The molecule has 4 heteroatoms. The Morgan fingerprint density at radius 1 is 1.00 bits per heavy atom. The number of hydrogen-bond acceptors (Lipinski definition) is 2. The average Bonchev–Trinajstić information content (AvgIpc) is 2.47. The summed E-state index contributed by atoms with van der Waals surface area (Å²) in [5, 5.41) is 17.8. The second-order valence-corrected chi connectivity index (χ2v) is 5.49. The summed E-state index contributed by atoms with van der Waals surface area (Å²) < 4.78 is 0. The van der Waals surface area contributed by atoms with E-state index in [0.29, 0.717) is 6.42 Å². The number of benzene rings is 2. The summed E-state index contributed by atoms with van der Waals surface area (Å²) in [6.07, 6.45) is 0.865. The van der Waals surface area contributed by atoms with E-state index in [-0.39, 0.29) is 17.9 Å². The van der Waals surface area contributed by atoms with Crippen LogP contribution in [0.5, 0.6) is 0 Å². The Balaban J connectivity index is 2.13. The highest BCUT2D eigenvalue weighted by Gasteiger charge is 2.09. The Morgan fingerprint density at radius 3 is 2.27 bits per heavy atom. The molecule has 114 valence electrons. The molecule has 0 radical (unpaired) electrons. The molecule has 2 aromatic carbocycles.